The van der Waals surface area contributed by atoms with Crippen molar-refractivity contribution in [1.82, 2.24) is 20.4 Å². The number of piperidine rings is 1. The first-order valence-corrected chi connectivity index (χ1v) is 8.72. The Bertz CT molecular complexity index is 542. The lowest BCUT2D eigenvalue weighted by Crippen LogP contribution is -2.46. The van der Waals surface area contributed by atoms with Crippen molar-refractivity contribution in [3.8, 4) is 0 Å². The van der Waals surface area contributed by atoms with E-state index < -0.39 is 5.60 Å². The van der Waals surface area contributed by atoms with Gasteiger partial charge in [0.05, 0.1) is 0 Å². The fourth-order valence-electron chi connectivity index (χ4n) is 2.74. The number of hydrogen-bond donors (Lipinski definition) is 1. The number of hydrogen-bond acceptors (Lipinski definition) is 5. The van der Waals surface area contributed by atoms with Crippen LogP contribution in [0.25, 0.3) is 0 Å². The summed E-state index contributed by atoms with van der Waals surface area (Å²) >= 11 is 0. The van der Waals surface area contributed by atoms with Gasteiger partial charge in [0.25, 0.3) is 0 Å². The summed E-state index contributed by atoms with van der Waals surface area (Å²) in [4.78, 5) is 18.6. The quantitative estimate of drug-likeness (QED) is 0.862. The molecule has 1 N–H and O–H groups in total. The number of carbonyl (C=O) groups is 1. The van der Waals surface area contributed by atoms with Crippen molar-refractivity contribution in [2.75, 3.05) is 26.7 Å². The highest BCUT2D eigenvalue weighted by Crippen LogP contribution is 2.24. The molecule has 1 aliphatic heterocycles. The van der Waals surface area contributed by atoms with Crippen molar-refractivity contribution in [3.63, 3.8) is 0 Å². The largest absolute Gasteiger partial charge is 0.371 e. The molecule has 2 amide bonds. The van der Waals surface area contributed by atoms with Gasteiger partial charge >= 0.3 is 6.03 Å². The van der Waals surface area contributed by atoms with E-state index in [1.807, 2.05) is 18.7 Å². The van der Waals surface area contributed by atoms with E-state index in [1.165, 1.54) is 0 Å². The van der Waals surface area contributed by atoms with Crippen LogP contribution >= 0.6 is 0 Å². The lowest BCUT2D eigenvalue weighted by atomic mass is 9.95. The lowest BCUT2D eigenvalue weighted by molar-refractivity contribution is 0.00973. The van der Waals surface area contributed by atoms with Crippen LogP contribution in [0.5, 0.6) is 0 Å². The molecule has 24 heavy (non-hydrogen) atoms. The van der Waals surface area contributed by atoms with E-state index in [4.69, 9.17) is 9.26 Å². The number of rotatable bonds is 6. The second kappa shape index (κ2) is 7.96. The van der Waals surface area contributed by atoms with Gasteiger partial charge in [-0.15, -0.1) is 0 Å². The van der Waals surface area contributed by atoms with Gasteiger partial charge < -0.3 is 19.5 Å². The number of aromatic nitrogens is 2. The molecule has 0 bridgehead atoms. The number of methoxy groups -OCH3 is 1. The molecule has 0 spiro atoms. The highest BCUT2D eigenvalue weighted by atomic mass is 16.5. The predicted molar refractivity (Wildman–Crippen MR) is 90.6 cm³/mol. The zero-order chi connectivity index (χ0) is 17.7. The SMILES string of the molecule is COC(C)(C)c1noc(C[C@@H]2CCCN(C(=O)NCC(C)C)C2)n1. The summed E-state index contributed by atoms with van der Waals surface area (Å²) in [6, 6.07) is 0.0279. The highest BCUT2D eigenvalue weighted by Gasteiger charge is 2.29. The molecule has 2 heterocycles. The van der Waals surface area contributed by atoms with Gasteiger partial charge in [-0.1, -0.05) is 19.0 Å². The second-order valence-corrected chi connectivity index (χ2v) is 7.46. The fraction of sp³-hybridized carbons (Fsp3) is 0.824. The van der Waals surface area contributed by atoms with Crippen LogP contribution in [0.15, 0.2) is 4.52 Å². The second-order valence-electron chi connectivity index (χ2n) is 7.46. The third-order valence-electron chi connectivity index (χ3n) is 4.45. The molecule has 1 aliphatic rings. The monoisotopic (exact) mass is 338 g/mol. The molecular formula is C17H30N4O3. The van der Waals surface area contributed by atoms with E-state index in [0.29, 0.717) is 36.5 Å². The summed E-state index contributed by atoms with van der Waals surface area (Å²) in [5, 5.41) is 7.01. The zero-order valence-electron chi connectivity index (χ0n) is 15.5. The molecule has 0 unspecified atom stereocenters. The third-order valence-corrected chi connectivity index (χ3v) is 4.45. The van der Waals surface area contributed by atoms with Crippen molar-refractivity contribution < 1.29 is 14.1 Å². The normalized spacial score (nSPS) is 18.9. The molecule has 7 heteroatoms. The highest BCUT2D eigenvalue weighted by molar-refractivity contribution is 5.74. The summed E-state index contributed by atoms with van der Waals surface area (Å²) in [5.74, 6) is 1.98. The van der Waals surface area contributed by atoms with Crippen molar-refractivity contribution in [2.45, 2.75) is 52.6 Å². The Labute approximate surface area is 144 Å². The fourth-order valence-corrected chi connectivity index (χ4v) is 2.74. The average Bonchev–Trinajstić information content (AvgIpc) is 3.02. The van der Waals surface area contributed by atoms with Gasteiger partial charge in [-0.25, -0.2) is 4.79 Å². The van der Waals surface area contributed by atoms with Gasteiger partial charge in [0.15, 0.2) is 0 Å². The van der Waals surface area contributed by atoms with Crippen LogP contribution < -0.4 is 5.32 Å². The first-order chi connectivity index (χ1) is 11.3. The van der Waals surface area contributed by atoms with E-state index in [9.17, 15) is 4.79 Å². The standard InChI is InChI=1S/C17H30N4O3/c1-12(2)10-18-16(22)21-8-6-7-13(11-21)9-14-19-15(20-24-14)17(3,4)23-5/h12-13H,6-11H2,1-5H3,(H,18,22)/t13-/m0/s1. The Morgan fingerprint density at radius 2 is 2.25 bits per heavy atom. The number of nitrogens with zero attached hydrogens (tertiary/aromatic N) is 3. The summed E-state index contributed by atoms with van der Waals surface area (Å²) in [6.07, 6.45) is 2.77. The Balaban J connectivity index is 1.90. The minimum Gasteiger partial charge on any atom is -0.371 e. The van der Waals surface area contributed by atoms with Crippen LogP contribution in [0.4, 0.5) is 4.79 Å². The maximum atomic E-state index is 12.2. The summed E-state index contributed by atoms with van der Waals surface area (Å²) in [6.45, 7) is 10.2. The Hall–Kier alpha value is -1.63. The molecule has 7 nitrogen and oxygen atoms in total. The lowest BCUT2D eigenvalue weighted by Gasteiger charge is -2.32. The minimum absolute atomic E-state index is 0.0279. The number of ether oxygens (including phenoxy) is 1. The van der Waals surface area contributed by atoms with Crippen molar-refractivity contribution in [2.24, 2.45) is 11.8 Å². The Morgan fingerprint density at radius 3 is 2.92 bits per heavy atom. The molecule has 1 saturated heterocycles. The van der Waals surface area contributed by atoms with E-state index in [0.717, 1.165) is 25.9 Å². The Morgan fingerprint density at radius 1 is 1.50 bits per heavy atom. The molecule has 1 aromatic heterocycles. The van der Waals surface area contributed by atoms with Crippen LogP contribution in [0.3, 0.4) is 0 Å². The van der Waals surface area contributed by atoms with E-state index in [-0.39, 0.29) is 6.03 Å². The predicted octanol–water partition coefficient (Wildman–Crippen LogP) is 2.57. The summed E-state index contributed by atoms with van der Waals surface area (Å²) in [7, 11) is 1.63. The van der Waals surface area contributed by atoms with Gasteiger partial charge in [-0.3, -0.25) is 0 Å². The maximum Gasteiger partial charge on any atom is 0.317 e. The molecule has 0 radical (unpaired) electrons. The molecule has 0 saturated carbocycles. The number of nitrogens with one attached hydrogen (secondary N) is 1. The zero-order valence-corrected chi connectivity index (χ0v) is 15.5. The Kier molecular flexibility index (Phi) is 6.21. The van der Waals surface area contributed by atoms with Crippen molar-refractivity contribution >= 4 is 6.03 Å². The maximum absolute atomic E-state index is 12.2. The molecule has 2 rings (SSSR count). The van der Waals surface area contributed by atoms with Crippen LogP contribution in [0, 0.1) is 11.8 Å². The summed E-state index contributed by atoms with van der Waals surface area (Å²) < 4.78 is 10.7. The first-order valence-electron chi connectivity index (χ1n) is 8.72. The average molecular weight is 338 g/mol. The molecule has 1 atom stereocenters. The molecule has 0 aromatic carbocycles. The molecule has 136 valence electrons. The van der Waals surface area contributed by atoms with Crippen LogP contribution in [-0.2, 0) is 16.8 Å². The summed E-state index contributed by atoms with van der Waals surface area (Å²) in [5.41, 5.74) is -0.558. The number of urea groups is 1. The van der Waals surface area contributed by atoms with Crippen molar-refractivity contribution in [1.29, 1.82) is 0 Å². The van der Waals surface area contributed by atoms with Crippen LogP contribution in [0.2, 0.25) is 0 Å². The topological polar surface area (TPSA) is 80.5 Å². The smallest absolute Gasteiger partial charge is 0.317 e. The van der Waals surface area contributed by atoms with Gasteiger partial charge in [-0.05, 0) is 38.5 Å². The van der Waals surface area contributed by atoms with Gasteiger partial charge in [0, 0.05) is 33.2 Å². The van der Waals surface area contributed by atoms with Gasteiger partial charge in [0.1, 0.15) is 5.60 Å². The van der Waals surface area contributed by atoms with Crippen molar-refractivity contribution in [3.05, 3.63) is 11.7 Å². The molecule has 1 fully saturated rings. The molecular weight excluding hydrogens is 308 g/mol. The number of likely N-dealkylation sites (tertiary alicyclic amines) is 1. The molecule has 0 aliphatic carbocycles. The van der Waals surface area contributed by atoms with E-state index in [2.05, 4.69) is 29.3 Å². The minimum atomic E-state index is -0.558. The number of carbonyl (C=O) groups excluding carboxylic acids is 1. The molecule has 1 aromatic rings. The van der Waals surface area contributed by atoms with Gasteiger partial charge in [0.2, 0.25) is 11.7 Å². The van der Waals surface area contributed by atoms with Crippen LogP contribution in [-0.4, -0.2) is 47.8 Å². The third kappa shape index (κ3) is 4.93. The van der Waals surface area contributed by atoms with E-state index >= 15 is 0 Å². The first kappa shape index (κ1) is 18.7. The van der Waals surface area contributed by atoms with Crippen LogP contribution in [0.1, 0.15) is 52.3 Å². The number of amides is 2. The van der Waals surface area contributed by atoms with E-state index in [1.54, 1.807) is 7.11 Å². The van der Waals surface area contributed by atoms with Gasteiger partial charge in [-0.2, -0.15) is 4.98 Å².